The average Bonchev–Trinajstić information content (AvgIpc) is 2.98. The first kappa shape index (κ1) is 15.7. The lowest BCUT2D eigenvalue weighted by Crippen LogP contribution is -2.24. The zero-order chi connectivity index (χ0) is 16.2. The molecule has 1 amide bonds. The van der Waals surface area contributed by atoms with Gasteiger partial charge in [-0.15, -0.1) is 11.3 Å². The Bertz CT molecular complexity index is 844. The van der Waals surface area contributed by atoms with E-state index in [-0.39, 0.29) is 5.91 Å². The zero-order valence-corrected chi connectivity index (χ0v) is 13.9. The first-order chi connectivity index (χ1) is 11.2. The standard InChI is InChI=1S/C17H18N2O3S/c1-21-7-3-6-18-16(20)15-9-12-8-11-4-5-13(22-2)10-14(11)19-17(12)23-15/h4-5,8-10H,3,6-7H2,1-2H3,(H,18,20). The molecule has 0 spiro atoms. The predicted octanol–water partition coefficient (Wildman–Crippen LogP) is 3.22. The second-order valence-electron chi connectivity index (χ2n) is 5.15. The fourth-order valence-corrected chi connectivity index (χ4v) is 3.29. The average molecular weight is 330 g/mol. The molecule has 3 rings (SSSR count). The Labute approximate surface area is 138 Å². The van der Waals surface area contributed by atoms with E-state index in [0.29, 0.717) is 18.0 Å². The number of rotatable bonds is 6. The van der Waals surface area contributed by atoms with Crippen LogP contribution in [-0.4, -0.2) is 38.3 Å². The molecule has 0 aliphatic rings. The molecular weight excluding hydrogens is 312 g/mol. The number of hydrogen-bond acceptors (Lipinski definition) is 5. The summed E-state index contributed by atoms with van der Waals surface area (Å²) in [5.74, 6) is 0.711. The van der Waals surface area contributed by atoms with Crippen molar-refractivity contribution < 1.29 is 14.3 Å². The van der Waals surface area contributed by atoms with Crippen molar-refractivity contribution in [1.82, 2.24) is 10.3 Å². The summed E-state index contributed by atoms with van der Waals surface area (Å²) in [7, 11) is 3.29. The molecule has 0 bridgehead atoms. The molecule has 0 aliphatic carbocycles. The summed E-state index contributed by atoms with van der Waals surface area (Å²) in [5.41, 5.74) is 0.866. The number of hydrogen-bond donors (Lipinski definition) is 1. The highest BCUT2D eigenvalue weighted by atomic mass is 32.1. The first-order valence-corrected chi connectivity index (χ1v) is 8.18. The zero-order valence-electron chi connectivity index (χ0n) is 13.1. The van der Waals surface area contributed by atoms with Crippen molar-refractivity contribution >= 4 is 38.4 Å². The van der Waals surface area contributed by atoms with Gasteiger partial charge in [-0.25, -0.2) is 4.98 Å². The number of benzene rings is 1. The third-order valence-corrected chi connectivity index (χ3v) is 4.59. The number of thiophene rings is 1. The summed E-state index contributed by atoms with van der Waals surface area (Å²) in [4.78, 5) is 18.3. The van der Waals surface area contributed by atoms with Crippen LogP contribution in [-0.2, 0) is 4.74 Å². The van der Waals surface area contributed by atoms with Gasteiger partial charge in [-0.1, -0.05) is 0 Å². The molecule has 0 unspecified atom stereocenters. The number of amides is 1. The third-order valence-electron chi connectivity index (χ3n) is 3.55. The Kier molecular flexibility index (Phi) is 4.73. The van der Waals surface area contributed by atoms with Gasteiger partial charge in [0.1, 0.15) is 10.6 Å². The lowest BCUT2D eigenvalue weighted by atomic mass is 10.2. The van der Waals surface area contributed by atoms with Gasteiger partial charge in [0.05, 0.1) is 17.5 Å². The third kappa shape index (κ3) is 3.43. The van der Waals surface area contributed by atoms with Crippen LogP contribution < -0.4 is 10.1 Å². The van der Waals surface area contributed by atoms with Crippen LogP contribution in [0.5, 0.6) is 5.75 Å². The van der Waals surface area contributed by atoms with Gasteiger partial charge in [-0.2, -0.15) is 0 Å². The highest BCUT2D eigenvalue weighted by molar-refractivity contribution is 7.20. The molecule has 2 aromatic heterocycles. The van der Waals surface area contributed by atoms with E-state index in [9.17, 15) is 4.79 Å². The molecule has 120 valence electrons. The van der Waals surface area contributed by atoms with E-state index >= 15 is 0 Å². The van der Waals surface area contributed by atoms with E-state index in [1.54, 1.807) is 14.2 Å². The van der Waals surface area contributed by atoms with Crippen molar-refractivity contribution in [2.45, 2.75) is 6.42 Å². The molecule has 6 heteroatoms. The molecule has 1 aromatic carbocycles. The molecule has 0 radical (unpaired) electrons. The number of pyridine rings is 1. The summed E-state index contributed by atoms with van der Waals surface area (Å²) >= 11 is 1.40. The summed E-state index contributed by atoms with van der Waals surface area (Å²) in [6.45, 7) is 1.25. The molecule has 0 saturated heterocycles. The van der Waals surface area contributed by atoms with Crippen LogP contribution in [0.3, 0.4) is 0 Å². The van der Waals surface area contributed by atoms with E-state index in [2.05, 4.69) is 16.4 Å². The van der Waals surface area contributed by atoms with E-state index in [1.807, 2.05) is 24.3 Å². The molecule has 1 N–H and O–H groups in total. The van der Waals surface area contributed by atoms with Crippen molar-refractivity contribution in [3.63, 3.8) is 0 Å². The van der Waals surface area contributed by atoms with Gasteiger partial charge >= 0.3 is 0 Å². The van der Waals surface area contributed by atoms with Crippen LogP contribution in [0.15, 0.2) is 30.3 Å². The van der Waals surface area contributed by atoms with E-state index in [4.69, 9.17) is 9.47 Å². The topological polar surface area (TPSA) is 60.5 Å². The van der Waals surface area contributed by atoms with Crippen molar-refractivity contribution in [3.8, 4) is 5.75 Å². The predicted molar refractivity (Wildman–Crippen MR) is 92.5 cm³/mol. The van der Waals surface area contributed by atoms with Gasteiger partial charge in [0.2, 0.25) is 0 Å². The second kappa shape index (κ2) is 6.93. The minimum absolute atomic E-state index is 0.0641. The molecular formula is C17H18N2O3S. The van der Waals surface area contributed by atoms with Crippen LogP contribution in [0.1, 0.15) is 16.1 Å². The number of carbonyl (C=O) groups is 1. The largest absolute Gasteiger partial charge is 0.497 e. The maximum Gasteiger partial charge on any atom is 0.261 e. The first-order valence-electron chi connectivity index (χ1n) is 7.37. The maximum atomic E-state index is 12.2. The minimum Gasteiger partial charge on any atom is -0.497 e. The highest BCUT2D eigenvalue weighted by Gasteiger charge is 2.11. The summed E-state index contributed by atoms with van der Waals surface area (Å²) in [6.07, 6.45) is 0.801. The number of nitrogens with one attached hydrogen (secondary N) is 1. The van der Waals surface area contributed by atoms with Gasteiger partial charge in [-0.05, 0) is 30.7 Å². The molecule has 5 nitrogen and oxygen atoms in total. The minimum atomic E-state index is -0.0641. The highest BCUT2D eigenvalue weighted by Crippen LogP contribution is 2.29. The smallest absolute Gasteiger partial charge is 0.261 e. The quantitative estimate of drug-likeness (QED) is 0.705. The van der Waals surface area contributed by atoms with E-state index in [0.717, 1.165) is 33.3 Å². The number of nitrogens with zero attached hydrogens (tertiary/aromatic N) is 1. The second-order valence-corrected chi connectivity index (χ2v) is 6.18. The fourth-order valence-electron chi connectivity index (χ4n) is 2.35. The molecule has 0 saturated carbocycles. The lowest BCUT2D eigenvalue weighted by Gasteiger charge is -2.01. The van der Waals surface area contributed by atoms with E-state index < -0.39 is 0 Å². The van der Waals surface area contributed by atoms with Crippen LogP contribution >= 0.6 is 11.3 Å². The molecule has 3 aromatic rings. The van der Waals surface area contributed by atoms with Crippen molar-refractivity contribution in [3.05, 3.63) is 35.2 Å². The molecule has 23 heavy (non-hydrogen) atoms. The summed E-state index contributed by atoms with van der Waals surface area (Å²) in [5, 5.41) is 4.91. The monoisotopic (exact) mass is 330 g/mol. The van der Waals surface area contributed by atoms with Crippen molar-refractivity contribution in [1.29, 1.82) is 0 Å². The maximum absolute atomic E-state index is 12.2. The molecule has 0 fully saturated rings. The number of aromatic nitrogens is 1. The lowest BCUT2D eigenvalue weighted by molar-refractivity contribution is 0.0952. The Balaban J connectivity index is 1.86. The normalized spacial score (nSPS) is 11.0. The fraction of sp³-hybridized carbons (Fsp3) is 0.294. The van der Waals surface area contributed by atoms with Crippen LogP contribution in [0, 0.1) is 0 Å². The van der Waals surface area contributed by atoms with Gasteiger partial charge in [0.25, 0.3) is 5.91 Å². The summed E-state index contributed by atoms with van der Waals surface area (Å²) in [6, 6.07) is 9.73. The van der Waals surface area contributed by atoms with Crippen LogP contribution in [0.25, 0.3) is 21.1 Å². The molecule has 0 aliphatic heterocycles. The van der Waals surface area contributed by atoms with Gasteiger partial charge < -0.3 is 14.8 Å². The Hall–Kier alpha value is -2.18. The van der Waals surface area contributed by atoms with Gasteiger partial charge in [-0.3, -0.25) is 4.79 Å². The van der Waals surface area contributed by atoms with Crippen LogP contribution in [0.4, 0.5) is 0 Å². The Morgan fingerprint density at radius 1 is 1.22 bits per heavy atom. The SMILES string of the molecule is COCCCNC(=O)c1cc2cc3ccc(OC)cc3nc2s1. The Morgan fingerprint density at radius 3 is 2.87 bits per heavy atom. The molecule has 0 atom stereocenters. The van der Waals surface area contributed by atoms with Crippen LogP contribution in [0.2, 0.25) is 0 Å². The number of fused-ring (bicyclic) bond motifs is 2. The number of carbonyl (C=O) groups excluding carboxylic acids is 1. The van der Waals surface area contributed by atoms with Crippen molar-refractivity contribution in [2.24, 2.45) is 0 Å². The van der Waals surface area contributed by atoms with Gasteiger partial charge in [0.15, 0.2) is 0 Å². The van der Waals surface area contributed by atoms with Gasteiger partial charge in [0, 0.05) is 37.1 Å². The van der Waals surface area contributed by atoms with Crippen molar-refractivity contribution in [2.75, 3.05) is 27.4 Å². The molecule has 2 heterocycles. The summed E-state index contributed by atoms with van der Waals surface area (Å²) < 4.78 is 10.2. The Morgan fingerprint density at radius 2 is 2.09 bits per heavy atom. The number of methoxy groups -OCH3 is 2. The van der Waals surface area contributed by atoms with E-state index in [1.165, 1.54) is 11.3 Å². The number of ether oxygens (including phenoxy) is 2.